The number of benzene rings is 11. The van der Waals surface area contributed by atoms with E-state index in [0.717, 1.165) is 55.8 Å². The molecular formula is C66H41N3O. The van der Waals surface area contributed by atoms with Gasteiger partial charge in [0.2, 0.25) is 0 Å². The summed E-state index contributed by atoms with van der Waals surface area (Å²) < 4.78 is 11.7. The Morgan fingerprint density at radius 2 is 0.714 bits per heavy atom. The first-order valence-corrected chi connectivity index (χ1v) is 24.0. The molecule has 0 aliphatic rings. The first-order valence-electron chi connectivity index (χ1n) is 24.0. The summed E-state index contributed by atoms with van der Waals surface area (Å²) in [6, 6.07) is 90.2. The van der Waals surface area contributed by atoms with Gasteiger partial charge in [-0.3, -0.25) is 0 Å². The average molecular weight is 892 g/mol. The maximum absolute atomic E-state index is 6.86. The van der Waals surface area contributed by atoms with Crippen molar-refractivity contribution in [3.05, 3.63) is 249 Å². The van der Waals surface area contributed by atoms with Crippen LogP contribution < -0.4 is 4.90 Å². The van der Waals surface area contributed by atoms with Gasteiger partial charge in [0.15, 0.2) is 0 Å². The minimum Gasteiger partial charge on any atom is -0.456 e. The van der Waals surface area contributed by atoms with Crippen LogP contribution in [0.25, 0.3) is 121 Å². The zero-order chi connectivity index (χ0) is 45.9. The molecular weight excluding hydrogens is 851 g/mol. The van der Waals surface area contributed by atoms with Gasteiger partial charge in [-0.05, 0) is 137 Å². The second kappa shape index (κ2) is 15.1. The van der Waals surface area contributed by atoms with Crippen LogP contribution in [0.15, 0.2) is 253 Å². The van der Waals surface area contributed by atoms with Crippen molar-refractivity contribution in [1.82, 2.24) is 8.97 Å². The molecule has 0 fully saturated rings. The molecule has 4 heteroatoms. The van der Waals surface area contributed by atoms with Crippen molar-refractivity contribution in [3.63, 3.8) is 0 Å². The van der Waals surface area contributed by atoms with E-state index in [9.17, 15) is 0 Å². The summed E-state index contributed by atoms with van der Waals surface area (Å²) in [5, 5.41) is 9.76. The molecule has 326 valence electrons. The Kier molecular flexibility index (Phi) is 8.33. The molecule has 4 aromatic heterocycles. The third kappa shape index (κ3) is 5.84. The number of anilines is 3. The van der Waals surface area contributed by atoms with Gasteiger partial charge < -0.3 is 18.3 Å². The van der Waals surface area contributed by atoms with Crippen LogP contribution in [-0.2, 0) is 0 Å². The van der Waals surface area contributed by atoms with Crippen LogP contribution in [0, 0.1) is 0 Å². The highest BCUT2D eigenvalue weighted by Gasteiger charge is 2.21. The van der Waals surface area contributed by atoms with E-state index >= 15 is 0 Å². The van der Waals surface area contributed by atoms with Crippen LogP contribution >= 0.6 is 0 Å². The predicted molar refractivity (Wildman–Crippen MR) is 294 cm³/mol. The molecule has 0 amide bonds. The third-order valence-electron chi connectivity index (χ3n) is 14.6. The molecule has 11 aromatic carbocycles. The van der Waals surface area contributed by atoms with E-state index in [-0.39, 0.29) is 0 Å². The summed E-state index contributed by atoms with van der Waals surface area (Å²) in [6.07, 6.45) is 0. The highest BCUT2D eigenvalue weighted by atomic mass is 16.3. The zero-order valence-electron chi connectivity index (χ0n) is 37.9. The molecule has 4 nitrogen and oxygen atoms in total. The fourth-order valence-corrected chi connectivity index (χ4v) is 11.4. The predicted octanol–water partition coefficient (Wildman–Crippen LogP) is 18.3. The number of aromatic nitrogens is 2. The maximum atomic E-state index is 6.86. The van der Waals surface area contributed by atoms with E-state index in [1.54, 1.807) is 0 Å². The van der Waals surface area contributed by atoms with Gasteiger partial charge in [-0.2, -0.15) is 0 Å². The Hall–Kier alpha value is -9.38. The summed E-state index contributed by atoms with van der Waals surface area (Å²) in [5.74, 6) is 0. The Labute approximate surface area is 403 Å². The van der Waals surface area contributed by atoms with Gasteiger partial charge in [-0.1, -0.05) is 140 Å². The van der Waals surface area contributed by atoms with Gasteiger partial charge in [0.05, 0.1) is 27.6 Å². The monoisotopic (exact) mass is 891 g/mol. The van der Waals surface area contributed by atoms with E-state index in [2.05, 4.69) is 263 Å². The van der Waals surface area contributed by atoms with E-state index < -0.39 is 0 Å². The van der Waals surface area contributed by atoms with E-state index in [1.165, 1.54) is 82.2 Å². The number of hydrogen-bond acceptors (Lipinski definition) is 2. The molecule has 0 spiro atoms. The number of nitrogens with zero attached hydrogens (tertiary/aromatic N) is 3. The first kappa shape index (κ1) is 38.7. The van der Waals surface area contributed by atoms with Gasteiger partial charge in [-0.25, -0.2) is 0 Å². The maximum Gasteiger partial charge on any atom is 0.137 e. The topological polar surface area (TPSA) is 25.7 Å². The standard InChI is InChI=1S/C66H41N3O/c1-3-13-42(14-4-1)43-23-29-49(30-24-43)67(50-31-25-44(26-32-50)45-28-36-63-57(37-45)52-17-7-10-20-60(52)68(63)48-15-5-2-6-16-48)51-33-35-56-55-34-27-46(40-64(55)70-65(56)41-51)47-38-58-53-18-8-11-21-61(53)69-62-22-12-9-19-54(62)59(39-47)66(58)69/h1-41H. The molecule has 15 rings (SSSR count). The SMILES string of the molecule is c1ccc(-c2ccc(N(c3ccc(-c4ccc5c(c4)c4ccccc4n5-c4ccccc4)cc3)c3ccc4c(c3)oc3cc(-c5cc6c7ccccc7n7c8ccccc8c(c5)c67)ccc34)cc2)cc1. The lowest BCUT2D eigenvalue weighted by Crippen LogP contribution is -2.09. The van der Waals surface area contributed by atoms with E-state index in [1.807, 2.05) is 0 Å². The number of furan rings is 1. The number of fused-ring (bicyclic) bond motifs is 12. The van der Waals surface area contributed by atoms with Crippen molar-refractivity contribution in [2.24, 2.45) is 0 Å². The van der Waals surface area contributed by atoms with Crippen molar-refractivity contribution in [2.45, 2.75) is 0 Å². The number of rotatable bonds is 7. The lowest BCUT2D eigenvalue weighted by atomic mass is 9.98. The lowest BCUT2D eigenvalue weighted by Gasteiger charge is -2.26. The molecule has 70 heavy (non-hydrogen) atoms. The molecule has 0 bridgehead atoms. The zero-order valence-corrected chi connectivity index (χ0v) is 37.9. The van der Waals surface area contributed by atoms with E-state index in [4.69, 9.17) is 4.42 Å². The second-order valence-electron chi connectivity index (χ2n) is 18.5. The summed E-state index contributed by atoms with van der Waals surface area (Å²) in [6.45, 7) is 0. The normalized spacial score (nSPS) is 12.0. The average Bonchev–Trinajstić information content (AvgIpc) is 4.17. The van der Waals surface area contributed by atoms with Crippen molar-refractivity contribution < 1.29 is 4.42 Å². The molecule has 0 N–H and O–H groups in total. The van der Waals surface area contributed by atoms with Crippen molar-refractivity contribution in [3.8, 4) is 39.1 Å². The molecule has 0 saturated heterocycles. The van der Waals surface area contributed by atoms with Crippen LogP contribution in [0.2, 0.25) is 0 Å². The summed E-state index contributed by atoms with van der Waals surface area (Å²) in [4.78, 5) is 2.33. The Morgan fingerprint density at radius 1 is 0.271 bits per heavy atom. The quantitative estimate of drug-likeness (QED) is 0.159. The lowest BCUT2D eigenvalue weighted by molar-refractivity contribution is 0.669. The second-order valence-corrected chi connectivity index (χ2v) is 18.5. The fourth-order valence-electron chi connectivity index (χ4n) is 11.4. The Balaban J connectivity index is 0.830. The van der Waals surface area contributed by atoms with Gasteiger partial charge in [0.25, 0.3) is 0 Å². The molecule has 0 atom stereocenters. The van der Waals surface area contributed by atoms with Crippen LogP contribution in [0.4, 0.5) is 17.1 Å². The minimum absolute atomic E-state index is 0.848. The van der Waals surface area contributed by atoms with Crippen LogP contribution in [0.1, 0.15) is 0 Å². The number of para-hydroxylation sites is 4. The van der Waals surface area contributed by atoms with Crippen molar-refractivity contribution in [2.75, 3.05) is 4.90 Å². The third-order valence-corrected chi connectivity index (χ3v) is 14.6. The molecule has 15 aromatic rings. The molecule has 0 aliphatic heterocycles. The van der Waals surface area contributed by atoms with Gasteiger partial charge >= 0.3 is 0 Å². The van der Waals surface area contributed by atoms with Crippen molar-refractivity contribution >= 4 is 98.9 Å². The highest BCUT2D eigenvalue weighted by Crippen LogP contribution is 2.44. The summed E-state index contributed by atoms with van der Waals surface area (Å²) in [7, 11) is 0. The van der Waals surface area contributed by atoms with Crippen molar-refractivity contribution in [1.29, 1.82) is 0 Å². The van der Waals surface area contributed by atoms with Crippen LogP contribution in [0.3, 0.4) is 0 Å². The van der Waals surface area contributed by atoms with Gasteiger partial charge in [0, 0.05) is 71.9 Å². The molecule has 0 aliphatic carbocycles. The minimum atomic E-state index is 0.848. The molecule has 0 radical (unpaired) electrons. The Morgan fingerprint density at radius 3 is 1.37 bits per heavy atom. The Bertz CT molecular complexity index is 4420. The molecule has 0 saturated carbocycles. The highest BCUT2D eigenvalue weighted by molar-refractivity contribution is 6.24. The largest absolute Gasteiger partial charge is 0.456 e. The van der Waals surface area contributed by atoms with Crippen LogP contribution in [0.5, 0.6) is 0 Å². The van der Waals surface area contributed by atoms with E-state index in [0.29, 0.717) is 0 Å². The number of hydrogen-bond donors (Lipinski definition) is 0. The fraction of sp³-hybridized carbons (Fsp3) is 0. The molecule has 0 unspecified atom stereocenters. The first-order chi connectivity index (χ1) is 34.7. The summed E-state index contributed by atoms with van der Waals surface area (Å²) in [5.41, 5.74) is 19.2. The van der Waals surface area contributed by atoms with Crippen LogP contribution in [-0.4, -0.2) is 8.97 Å². The van der Waals surface area contributed by atoms with Gasteiger partial charge in [-0.15, -0.1) is 0 Å². The summed E-state index contributed by atoms with van der Waals surface area (Å²) >= 11 is 0. The molecule has 4 heterocycles. The smallest absolute Gasteiger partial charge is 0.137 e. The van der Waals surface area contributed by atoms with Gasteiger partial charge in [0.1, 0.15) is 11.2 Å².